The van der Waals surface area contributed by atoms with E-state index in [0.717, 1.165) is 44.4 Å². The van der Waals surface area contributed by atoms with Gasteiger partial charge in [-0.15, -0.1) is 0 Å². The third-order valence-corrected chi connectivity index (χ3v) is 4.61. The summed E-state index contributed by atoms with van der Waals surface area (Å²) in [5, 5.41) is 0. The monoisotopic (exact) mass is 513 g/mol. The minimum absolute atomic E-state index is 0.471. The summed E-state index contributed by atoms with van der Waals surface area (Å²) in [4.78, 5) is 4.51. The summed E-state index contributed by atoms with van der Waals surface area (Å²) in [5.41, 5.74) is 2.01. The fourth-order valence-electron chi connectivity index (χ4n) is 4.05. The molecule has 0 spiro atoms. The summed E-state index contributed by atoms with van der Waals surface area (Å²) in [6.07, 6.45) is 9.58. The van der Waals surface area contributed by atoms with Crippen LogP contribution in [-0.4, -0.2) is 56.7 Å². The Labute approximate surface area is 231 Å². The molecule has 0 atom stereocenters. The molecule has 36 heavy (non-hydrogen) atoms. The first kappa shape index (κ1) is 44.9. The molecule has 0 aromatic carbocycles. The van der Waals surface area contributed by atoms with Gasteiger partial charge in [0.1, 0.15) is 0 Å². The average molecular weight is 513 g/mol. The summed E-state index contributed by atoms with van der Waals surface area (Å²) in [6.45, 7) is 43.2. The number of ether oxygens (including phenoxy) is 1. The number of methoxy groups -OCH3 is 1. The second-order valence-electron chi connectivity index (χ2n) is 11.2. The van der Waals surface area contributed by atoms with E-state index >= 15 is 0 Å². The van der Waals surface area contributed by atoms with E-state index in [2.05, 4.69) is 99.2 Å². The van der Waals surface area contributed by atoms with Crippen LogP contribution >= 0.6 is 0 Å². The van der Waals surface area contributed by atoms with Gasteiger partial charge in [0, 0.05) is 39.0 Å². The van der Waals surface area contributed by atoms with E-state index in [0.29, 0.717) is 10.8 Å². The van der Waals surface area contributed by atoms with Crippen molar-refractivity contribution in [1.82, 2.24) is 9.80 Å². The van der Waals surface area contributed by atoms with Crippen molar-refractivity contribution in [3.05, 3.63) is 37.1 Å². The SMILES string of the molecule is C=C/C=C\C(=C)N(CC)CCN(C)CCOC.CC.CC.CC(C)CC(C)(C)CC(C)(C)C.CCC. The van der Waals surface area contributed by atoms with Crippen LogP contribution in [0.15, 0.2) is 37.1 Å². The smallest absolute Gasteiger partial charge is 0.0589 e. The lowest BCUT2D eigenvalue weighted by Crippen LogP contribution is -2.33. The van der Waals surface area contributed by atoms with Gasteiger partial charge in [-0.2, -0.15) is 0 Å². The van der Waals surface area contributed by atoms with Gasteiger partial charge >= 0.3 is 0 Å². The number of hydrogen-bond acceptors (Lipinski definition) is 3. The Morgan fingerprint density at radius 2 is 1.39 bits per heavy atom. The first-order chi connectivity index (χ1) is 16.7. The summed E-state index contributed by atoms with van der Waals surface area (Å²) >= 11 is 0. The number of nitrogens with zero attached hydrogens (tertiary/aromatic N) is 2. The highest BCUT2D eigenvalue weighted by atomic mass is 16.5. The second kappa shape index (κ2) is 30.2. The van der Waals surface area contributed by atoms with E-state index in [9.17, 15) is 0 Å². The molecule has 3 heteroatoms. The van der Waals surface area contributed by atoms with Crippen LogP contribution in [0.3, 0.4) is 0 Å². The van der Waals surface area contributed by atoms with Crippen molar-refractivity contribution in [2.45, 2.75) is 116 Å². The van der Waals surface area contributed by atoms with Gasteiger partial charge in [0.05, 0.1) is 6.61 Å². The van der Waals surface area contributed by atoms with Crippen molar-refractivity contribution < 1.29 is 4.74 Å². The largest absolute Gasteiger partial charge is 0.383 e. The molecule has 0 fully saturated rings. The van der Waals surface area contributed by atoms with Gasteiger partial charge in [-0.25, -0.2) is 0 Å². The first-order valence-corrected chi connectivity index (χ1v) is 14.6. The molecule has 0 aliphatic heterocycles. The summed E-state index contributed by atoms with van der Waals surface area (Å²) in [7, 11) is 3.84. The molecule has 0 heterocycles. The van der Waals surface area contributed by atoms with Crippen molar-refractivity contribution in [2.75, 3.05) is 46.9 Å². The third-order valence-electron chi connectivity index (χ3n) is 4.61. The molecule has 0 aliphatic carbocycles. The van der Waals surface area contributed by atoms with Gasteiger partial charge in [-0.05, 0) is 49.6 Å². The minimum Gasteiger partial charge on any atom is -0.383 e. The third kappa shape index (κ3) is 40.1. The lowest BCUT2D eigenvalue weighted by molar-refractivity contribution is 0.156. The topological polar surface area (TPSA) is 15.7 Å². The van der Waals surface area contributed by atoms with Gasteiger partial charge in [-0.3, -0.25) is 0 Å². The van der Waals surface area contributed by atoms with Crippen LogP contribution in [0.25, 0.3) is 0 Å². The average Bonchev–Trinajstić information content (AvgIpc) is 2.77. The Morgan fingerprint density at radius 1 is 0.917 bits per heavy atom. The van der Waals surface area contributed by atoms with Gasteiger partial charge in [0.25, 0.3) is 0 Å². The van der Waals surface area contributed by atoms with Gasteiger partial charge in [0.2, 0.25) is 0 Å². The van der Waals surface area contributed by atoms with Gasteiger partial charge in [-0.1, -0.05) is 122 Å². The van der Waals surface area contributed by atoms with Crippen molar-refractivity contribution in [1.29, 1.82) is 0 Å². The Kier molecular flexibility index (Phi) is 37.6. The molecule has 0 bridgehead atoms. The van der Waals surface area contributed by atoms with Crippen LogP contribution in [0.4, 0.5) is 0 Å². The standard InChI is InChI=1S/C14H26N2O.C12H26.C3H8.2C2H6/c1-6-8-9-14(3)16(7-2)11-10-15(4)12-13-17-5;1-10(2)8-12(6,7)9-11(3,4)5;1-3-2;2*1-2/h6,8-9H,1,3,7,10-13H2,2,4-5H3;10H,8-9H2,1-7H3;3H2,1-2H3;2*1-2H3/b9-8-;;;;. The summed E-state index contributed by atoms with van der Waals surface area (Å²) in [6, 6.07) is 0. The molecule has 3 nitrogen and oxygen atoms in total. The Balaban J connectivity index is -0.000000147. The normalized spacial score (nSPS) is 10.7. The predicted molar refractivity (Wildman–Crippen MR) is 171 cm³/mol. The highest BCUT2D eigenvalue weighted by Crippen LogP contribution is 2.37. The van der Waals surface area contributed by atoms with E-state index in [1.807, 2.05) is 39.8 Å². The molecule has 0 amide bonds. The Bertz CT molecular complexity index is 473. The predicted octanol–water partition coefficient (Wildman–Crippen LogP) is 10.1. The van der Waals surface area contributed by atoms with E-state index in [1.54, 1.807) is 13.2 Å². The number of likely N-dealkylation sites (N-methyl/N-ethyl adjacent to an activating group) is 2. The van der Waals surface area contributed by atoms with Crippen LogP contribution < -0.4 is 0 Å². The van der Waals surface area contributed by atoms with E-state index < -0.39 is 0 Å². The van der Waals surface area contributed by atoms with Crippen molar-refractivity contribution >= 4 is 0 Å². The highest BCUT2D eigenvalue weighted by molar-refractivity contribution is 5.17. The van der Waals surface area contributed by atoms with Crippen molar-refractivity contribution in [3.8, 4) is 0 Å². The molecular weight excluding hydrogens is 440 g/mol. The van der Waals surface area contributed by atoms with Crippen LogP contribution in [0, 0.1) is 16.7 Å². The number of allylic oxidation sites excluding steroid dienone is 3. The molecule has 220 valence electrons. The van der Waals surface area contributed by atoms with Crippen LogP contribution in [0.1, 0.15) is 116 Å². The Hall–Kier alpha value is -1.06. The zero-order valence-electron chi connectivity index (χ0n) is 28.2. The molecule has 0 radical (unpaired) electrons. The second-order valence-corrected chi connectivity index (χ2v) is 11.2. The molecule has 0 unspecified atom stereocenters. The summed E-state index contributed by atoms with van der Waals surface area (Å²) < 4.78 is 5.05. The highest BCUT2D eigenvalue weighted by Gasteiger charge is 2.25. The molecule has 0 rings (SSSR count). The molecule has 0 aliphatic rings. The number of hydrogen-bond donors (Lipinski definition) is 0. The summed E-state index contributed by atoms with van der Waals surface area (Å²) in [5.74, 6) is 0.822. The molecule has 0 saturated carbocycles. The van der Waals surface area contributed by atoms with E-state index in [1.165, 1.54) is 19.3 Å². The van der Waals surface area contributed by atoms with Gasteiger partial charge in [0.15, 0.2) is 0 Å². The molecule has 0 saturated heterocycles. The number of rotatable bonds is 13. The minimum atomic E-state index is 0.471. The van der Waals surface area contributed by atoms with E-state index in [-0.39, 0.29) is 0 Å². The molecule has 0 aromatic heterocycles. The molecular formula is C33H72N2O. The van der Waals surface area contributed by atoms with Crippen LogP contribution in [0.5, 0.6) is 0 Å². The maximum atomic E-state index is 5.05. The quantitative estimate of drug-likeness (QED) is 0.228. The maximum absolute atomic E-state index is 5.05. The van der Waals surface area contributed by atoms with Crippen LogP contribution in [0.2, 0.25) is 0 Å². The zero-order valence-corrected chi connectivity index (χ0v) is 28.2. The van der Waals surface area contributed by atoms with Crippen LogP contribution in [-0.2, 0) is 4.74 Å². The molecule has 0 aromatic rings. The zero-order chi connectivity index (χ0) is 29.8. The van der Waals surface area contributed by atoms with Crippen molar-refractivity contribution in [3.63, 3.8) is 0 Å². The lowest BCUT2D eigenvalue weighted by atomic mass is 9.72. The Morgan fingerprint density at radius 3 is 1.72 bits per heavy atom. The van der Waals surface area contributed by atoms with Gasteiger partial charge < -0.3 is 14.5 Å². The molecule has 0 N–H and O–H groups in total. The lowest BCUT2D eigenvalue weighted by Gasteiger charge is -2.33. The fraction of sp³-hybridized carbons (Fsp3) is 0.818. The van der Waals surface area contributed by atoms with E-state index in [4.69, 9.17) is 4.74 Å². The fourth-order valence-corrected chi connectivity index (χ4v) is 4.05. The maximum Gasteiger partial charge on any atom is 0.0589 e. The first-order valence-electron chi connectivity index (χ1n) is 14.6. The van der Waals surface area contributed by atoms with Crippen molar-refractivity contribution in [2.24, 2.45) is 16.7 Å².